The molecule has 0 atom stereocenters. The lowest BCUT2D eigenvalue weighted by Gasteiger charge is -2.07. The van der Waals surface area contributed by atoms with Crippen LogP contribution in [0.3, 0.4) is 0 Å². The van der Waals surface area contributed by atoms with Gasteiger partial charge in [0, 0.05) is 16.8 Å². The molecule has 2 nitrogen and oxygen atoms in total. The molecule has 0 aliphatic rings. The minimum absolute atomic E-state index is 0.967. The molecule has 0 saturated carbocycles. The number of hydrogen-bond acceptors (Lipinski definition) is 1. The molecule has 3 aromatic carbocycles. The lowest BCUT2D eigenvalue weighted by molar-refractivity contribution is 0.605. The van der Waals surface area contributed by atoms with Gasteiger partial charge < -0.3 is 4.98 Å². The molecule has 0 bridgehead atoms. The van der Waals surface area contributed by atoms with E-state index >= 15 is 0 Å². The van der Waals surface area contributed by atoms with Crippen LogP contribution in [0.15, 0.2) is 72.8 Å². The number of aryl methyl sites for hydroxylation is 1. The van der Waals surface area contributed by atoms with Crippen LogP contribution in [0.5, 0.6) is 0 Å². The predicted octanol–water partition coefficient (Wildman–Crippen LogP) is 7.80. The van der Waals surface area contributed by atoms with Gasteiger partial charge >= 0.3 is 0 Å². The van der Waals surface area contributed by atoms with Crippen molar-refractivity contribution in [3.63, 3.8) is 0 Å². The highest BCUT2D eigenvalue weighted by molar-refractivity contribution is 5.96. The Kier molecular flexibility index (Phi) is 6.41. The van der Waals surface area contributed by atoms with Gasteiger partial charge in [0.2, 0.25) is 0 Å². The summed E-state index contributed by atoms with van der Waals surface area (Å²) in [5.74, 6) is 0.967. The summed E-state index contributed by atoms with van der Waals surface area (Å²) in [4.78, 5) is 8.73. The molecule has 148 valence electrons. The molecule has 1 aromatic heterocycles. The van der Waals surface area contributed by atoms with Crippen molar-refractivity contribution in [2.24, 2.45) is 0 Å². The van der Waals surface area contributed by atoms with E-state index in [9.17, 15) is 0 Å². The second kappa shape index (κ2) is 9.56. The summed E-state index contributed by atoms with van der Waals surface area (Å²) in [6.07, 6.45) is 8.87. The summed E-state index contributed by atoms with van der Waals surface area (Å²) in [5, 5.41) is 2.53. The third kappa shape index (κ3) is 4.59. The fourth-order valence-electron chi connectivity index (χ4n) is 4.06. The quantitative estimate of drug-likeness (QED) is 0.294. The van der Waals surface area contributed by atoms with Crippen LogP contribution in [-0.2, 0) is 6.42 Å². The molecular formula is C27H30N2. The number of imidazole rings is 1. The zero-order valence-electron chi connectivity index (χ0n) is 17.3. The summed E-state index contributed by atoms with van der Waals surface area (Å²) in [6, 6.07) is 25.6. The van der Waals surface area contributed by atoms with Gasteiger partial charge in [-0.3, -0.25) is 0 Å². The first-order chi connectivity index (χ1) is 14.4. The minimum Gasteiger partial charge on any atom is -0.341 e. The Labute approximate surface area is 174 Å². The van der Waals surface area contributed by atoms with E-state index in [1.54, 1.807) is 0 Å². The lowest BCUT2D eigenvalue weighted by Crippen LogP contribution is -1.91. The maximum Gasteiger partial charge on any atom is 0.138 e. The number of aromatic amines is 1. The van der Waals surface area contributed by atoms with Gasteiger partial charge in [0.1, 0.15) is 5.82 Å². The van der Waals surface area contributed by atoms with E-state index < -0.39 is 0 Å². The van der Waals surface area contributed by atoms with Crippen LogP contribution in [0.4, 0.5) is 0 Å². The Hall–Kier alpha value is -2.87. The van der Waals surface area contributed by atoms with Crippen LogP contribution in [0, 0.1) is 0 Å². The molecule has 4 rings (SSSR count). The number of aromatic nitrogens is 2. The molecule has 0 aliphatic heterocycles. The molecule has 0 radical (unpaired) electrons. The maximum absolute atomic E-state index is 5.07. The molecule has 0 saturated heterocycles. The Morgan fingerprint density at radius 3 is 2.31 bits per heavy atom. The summed E-state index contributed by atoms with van der Waals surface area (Å²) >= 11 is 0. The highest BCUT2D eigenvalue weighted by Crippen LogP contribution is 2.32. The molecule has 2 heteroatoms. The first-order valence-corrected chi connectivity index (χ1v) is 11.0. The van der Waals surface area contributed by atoms with Crippen LogP contribution < -0.4 is 0 Å². The second-order valence-electron chi connectivity index (χ2n) is 7.82. The number of H-pyrrole nitrogens is 1. The smallest absolute Gasteiger partial charge is 0.138 e. The van der Waals surface area contributed by atoms with Gasteiger partial charge in [-0.05, 0) is 23.6 Å². The van der Waals surface area contributed by atoms with Crippen molar-refractivity contribution in [1.29, 1.82) is 0 Å². The van der Waals surface area contributed by atoms with Gasteiger partial charge in [-0.1, -0.05) is 112 Å². The highest BCUT2D eigenvalue weighted by atomic mass is 14.9. The molecule has 4 aromatic rings. The second-order valence-corrected chi connectivity index (χ2v) is 7.82. The SMILES string of the molecule is CCCCCCCCc1[nH]c(-c2ccccc2)nc1-c1cccc2ccccc12. The standard InChI is InChI=1S/C27H30N2/c1-2-3-4-5-6-10-20-25-26(29-27(28-25)22-15-8-7-9-16-22)24-19-13-17-21-14-11-12-18-23(21)24/h7-9,11-19H,2-6,10,20H2,1H3,(H,28,29). The normalized spacial score (nSPS) is 11.2. The zero-order valence-corrected chi connectivity index (χ0v) is 17.3. The average molecular weight is 383 g/mol. The van der Waals surface area contributed by atoms with Crippen molar-refractivity contribution >= 4 is 10.8 Å². The number of fused-ring (bicyclic) bond motifs is 1. The molecular weight excluding hydrogens is 352 g/mol. The van der Waals surface area contributed by atoms with Crippen LogP contribution >= 0.6 is 0 Å². The molecule has 0 amide bonds. The molecule has 0 aliphatic carbocycles. The fraction of sp³-hybridized carbons (Fsp3) is 0.296. The molecule has 0 fully saturated rings. The van der Waals surface area contributed by atoms with E-state index in [-0.39, 0.29) is 0 Å². The number of nitrogens with one attached hydrogen (secondary N) is 1. The van der Waals surface area contributed by atoms with E-state index in [0.717, 1.165) is 23.5 Å². The topological polar surface area (TPSA) is 28.7 Å². The van der Waals surface area contributed by atoms with Gasteiger partial charge in [-0.2, -0.15) is 0 Å². The van der Waals surface area contributed by atoms with Crippen molar-refractivity contribution < 1.29 is 0 Å². The maximum atomic E-state index is 5.07. The Morgan fingerprint density at radius 1 is 0.724 bits per heavy atom. The van der Waals surface area contributed by atoms with Gasteiger partial charge in [-0.15, -0.1) is 0 Å². The molecule has 0 unspecified atom stereocenters. The summed E-state index contributed by atoms with van der Waals surface area (Å²) in [5.41, 5.74) is 4.73. The van der Waals surface area contributed by atoms with Gasteiger partial charge in [-0.25, -0.2) is 4.98 Å². The van der Waals surface area contributed by atoms with Crippen molar-refractivity contribution in [2.75, 3.05) is 0 Å². The summed E-state index contributed by atoms with van der Waals surface area (Å²) < 4.78 is 0. The number of benzene rings is 3. The van der Waals surface area contributed by atoms with Gasteiger partial charge in [0.15, 0.2) is 0 Å². The first kappa shape index (κ1) is 19.4. The Bertz CT molecular complexity index is 1040. The van der Waals surface area contributed by atoms with E-state index in [4.69, 9.17) is 4.98 Å². The fourth-order valence-corrected chi connectivity index (χ4v) is 4.06. The first-order valence-electron chi connectivity index (χ1n) is 11.0. The van der Waals surface area contributed by atoms with E-state index in [1.165, 1.54) is 60.6 Å². The third-order valence-electron chi connectivity index (χ3n) is 5.65. The van der Waals surface area contributed by atoms with Crippen LogP contribution in [0.1, 0.15) is 51.1 Å². The van der Waals surface area contributed by atoms with E-state index in [2.05, 4.69) is 84.7 Å². The number of hydrogen-bond donors (Lipinski definition) is 1. The van der Waals surface area contributed by atoms with Crippen molar-refractivity contribution in [1.82, 2.24) is 9.97 Å². The largest absolute Gasteiger partial charge is 0.341 e. The lowest BCUT2D eigenvalue weighted by atomic mass is 9.99. The van der Waals surface area contributed by atoms with Gasteiger partial charge in [0.25, 0.3) is 0 Å². The average Bonchev–Trinajstić information content (AvgIpc) is 3.20. The Balaban J connectivity index is 1.66. The molecule has 1 N–H and O–H groups in total. The monoisotopic (exact) mass is 382 g/mol. The number of unbranched alkanes of at least 4 members (excludes halogenated alkanes) is 5. The molecule has 1 heterocycles. The number of rotatable bonds is 9. The van der Waals surface area contributed by atoms with Crippen molar-refractivity contribution in [3.05, 3.63) is 78.5 Å². The molecule has 29 heavy (non-hydrogen) atoms. The summed E-state index contributed by atoms with van der Waals surface area (Å²) in [7, 11) is 0. The van der Waals surface area contributed by atoms with Gasteiger partial charge in [0.05, 0.1) is 5.69 Å². The van der Waals surface area contributed by atoms with E-state index in [0.29, 0.717) is 0 Å². The minimum atomic E-state index is 0.967. The number of nitrogens with zero attached hydrogens (tertiary/aromatic N) is 1. The predicted molar refractivity (Wildman–Crippen MR) is 124 cm³/mol. The van der Waals surface area contributed by atoms with Crippen molar-refractivity contribution in [3.8, 4) is 22.6 Å². The van der Waals surface area contributed by atoms with Crippen molar-refractivity contribution in [2.45, 2.75) is 51.9 Å². The zero-order chi connectivity index (χ0) is 19.9. The third-order valence-corrected chi connectivity index (χ3v) is 5.65. The van der Waals surface area contributed by atoms with Crippen LogP contribution in [0.25, 0.3) is 33.4 Å². The van der Waals surface area contributed by atoms with E-state index in [1.807, 2.05) is 0 Å². The highest BCUT2D eigenvalue weighted by Gasteiger charge is 2.15. The van der Waals surface area contributed by atoms with Crippen LogP contribution in [-0.4, -0.2) is 9.97 Å². The Morgan fingerprint density at radius 2 is 1.45 bits per heavy atom. The molecule has 0 spiro atoms. The summed E-state index contributed by atoms with van der Waals surface area (Å²) in [6.45, 7) is 2.27. The van der Waals surface area contributed by atoms with Crippen LogP contribution in [0.2, 0.25) is 0 Å².